The molecule has 2 atom stereocenters. The van der Waals surface area contributed by atoms with E-state index in [2.05, 4.69) is 16.0 Å². The second-order valence-corrected chi connectivity index (χ2v) is 6.13. The molecule has 0 aliphatic heterocycles. The minimum Gasteiger partial charge on any atom is -0.349 e. The maximum Gasteiger partial charge on any atom is 0.255 e. The number of amides is 2. The molecular weight excluding hydrogens is 314 g/mol. The molecule has 0 heterocycles. The molecule has 0 saturated heterocycles. The Labute approximate surface area is 148 Å². The average Bonchev–Trinajstić information content (AvgIpc) is 2.62. The molecule has 132 valence electrons. The van der Waals surface area contributed by atoms with E-state index in [0.29, 0.717) is 17.8 Å². The van der Waals surface area contributed by atoms with Crippen LogP contribution in [0.2, 0.25) is 0 Å². The number of anilines is 1. The molecule has 0 bridgehead atoms. The highest BCUT2D eigenvalue weighted by molar-refractivity contribution is 6.04. The fourth-order valence-electron chi connectivity index (χ4n) is 2.52. The lowest BCUT2D eigenvalue weighted by atomic mass is 10.1. The van der Waals surface area contributed by atoms with E-state index < -0.39 is 0 Å². The maximum absolute atomic E-state index is 12.2. The molecule has 5 nitrogen and oxygen atoms in total. The molecule has 3 N–H and O–H groups in total. The molecule has 2 unspecified atom stereocenters. The zero-order valence-corrected chi connectivity index (χ0v) is 14.9. The second-order valence-electron chi connectivity index (χ2n) is 6.13. The van der Waals surface area contributed by atoms with E-state index in [9.17, 15) is 9.59 Å². The van der Waals surface area contributed by atoms with Gasteiger partial charge in [-0.15, -0.1) is 0 Å². The van der Waals surface area contributed by atoms with Crippen molar-refractivity contribution in [2.45, 2.75) is 19.9 Å². The van der Waals surface area contributed by atoms with Crippen molar-refractivity contribution in [3.63, 3.8) is 0 Å². The zero-order chi connectivity index (χ0) is 18.2. The van der Waals surface area contributed by atoms with Crippen LogP contribution in [0.25, 0.3) is 0 Å². The molecule has 25 heavy (non-hydrogen) atoms. The van der Waals surface area contributed by atoms with Crippen LogP contribution < -0.4 is 16.0 Å². The normalized spacial score (nSPS) is 12.9. The van der Waals surface area contributed by atoms with E-state index >= 15 is 0 Å². The van der Waals surface area contributed by atoms with Gasteiger partial charge in [0.25, 0.3) is 5.91 Å². The molecule has 2 aromatic rings. The van der Waals surface area contributed by atoms with Gasteiger partial charge in [-0.2, -0.15) is 0 Å². The van der Waals surface area contributed by atoms with E-state index in [-0.39, 0.29) is 23.8 Å². The average molecular weight is 339 g/mol. The quantitative estimate of drug-likeness (QED) is 0.726. The largest absolute Gasteiger partial charge is 0.349 e. The lowest BCUT2D eigenvalue weighted by Crippen LogP contribution is -2.35. The molecule has 5 heteroatoms. The van der Waals surface area contributed by atoms with Crippen LogP contribution in [0.4, 0.5) is 5.69 Å². The zero-order valence-electron chi connectivity index (χ0n) is 14.9. The van der Waals surface area contributed by atoms with Crippen molar-refractivity contribution in [3.05, 3.63) is 65.7 Å². The summed E-state index contributed by atoms with van der Waals surface area (Å²) in [5.74, 6) is -0.258. The highest BCUT2D eigenvalue weighted by atomic mass is 16.2. The number of rotatable bonds is 7. The Morgan fingerprint density at radius 3 is 2.40 bits per heavy atom. The van der Waals surface area contributed by atoms with Crippen LogP contribution in [0.1, 0.15) is 35.8 Å². The molecule has 2 rings (SSSR count). The van der Waals surface area contributed by atoms with Crippen molar-refractivity contribution in [2.24, 2.45) is 5.92 Å². The van der Waals surface area contributed by atoms with Gasteiger partial charge in [0.15, 0.2) is 0 Å². The van der Waals surface area contributed by atoms with Crippen LogP contribution in [0.3, 0.4) is 0 Å². The van der Waals surface area contributed by atoms with E-state index in [0.717, 1.165) is 5.56 Å². The van der Waals surface area contributed by atoms with Gasteiger partial charge in [0, 0.05) is 23.7 Å². The van der Waals surface area contributed by atoms with Crippen LogP contribution in [-0.2, 0) is 4.79 Å². The third-order valence-corrected chi connectivity index (χ3v) is 4.00. The molecule has 0 saturated carbocycles. The third kappa shape index (κ3) is 5.43. The summed E-state index contributed by atoms with van der Waals surface area (Å²) in [6, 6.07) is 16.5. The molecular formula is C20H25N3O2. The molecule has 0 aromatic heterocycles. The van der Waals surface area contributed by atoms with E-state index in [1.165, 1.54) is 0 Å². The fourth-order valence-corrected chi connectivity index (χ4v) is 2.52. The van der Waals surface area contributed by atoms with Gasteiger partial charge < -0.3 is 16.0 Å². The summed E-state index contributed by atoms with van der Waals surface area (Å²) in [5, 5.41) is 8.89. The second kappa shape index (κ2) is 8.99. The molecule has 0 fully saturated rings. The first-order valence-electron chi connectivity index (χ1n) is 8.42. The SMILES string of the molecule is CNCC(C)C(=O)NC(C)c1cccc(NC(=O)c2ccccc2)c1. The number of hydrogen-bond acceptors (Lipinski definition) is 3. The van der Waals surface area contributed by atoms with Crippen LogP contribution >= 0.6 is 0 Å². The highest BCUT2D eigenvalue weighted by Gasteiger charge is 2.16. The van der Waals surface area contributed by atoms with Gasteiger partial charge in [0.2, 0.25) is 5.91 Å². The van der Waals surface area contributed by atoms with Gasteiger partial charge in [0.1, 0.15) is 0 Å². The number of nitrogens with one attached hydrogen (secondary N) is 3. The van der Waals surface area contributed by atoms with Crippen LogP contribution in [0, 0.1) is 5.92 Å². The Kier molecular flexibility index (Phi) is 6.71. The maximum atomic E-state index is 12.2. The van der Waals surface area contributed by atoms with Crippen molar-refractivity contribution in [2.75, 3.05) is 18.9 Å². The first-order chi connectivity index (χ1) is 12.0. The van der Waals surface area contributed by atoms with Crippen LogP contribution in [0.15, 0.2) is 54.6 Å². The summed E-state index contributed by atoms with van der Waals surface area (Å²) in [5.41, 5.74) is 2.25. The van der Waals surface area contributed by atoms with Crippen molar-refractivity contribution in [1.82, 2.24) is 10.6 Å². The van der Waals surface area contributed by atoms with E-state index in [1.54, 1.807) is 12.1 Å². The summed E-state index contributed by atoms with van der Waals surface area (Å²) in [7, 11) is 1.83. The topological polar surface area (TPSA) is 70.2 Å². The summed E-state index contributed by atoms with van der Waals surface area (Å²) in [6.45, 7) is 4.45. The Morgan fingerprint density at radius 1 is 1.00 bits per heavy atom. The van der Waals surface area contributed by atoms with Gasteiger partial charge in [-0.05, 0) is 43.8 Å². The van der Waals surface area contributed by atoms with Crippen molar-refractivity contribution < 1.29 is 9.59 Å². The van der Waals surface area contributed by atoms with Crippen LogP contribution in [0.5, 0.6) is 0 Å². The molecule has 0 radical (unpaired) electrons. The smallest absolute Gasteiger partial charge is 0.255 e. The fraction of sp³-hybridized carbons (Fsp3) is 0.300. The minimum atomic E-state index is -0.155. The lowest BCUT2D eigenvalue weighted by Gasteiger charge is -2.18. The first-order valence-corrected chi connectivity index (χ1v) is 8.42. The highest BCUT2D eigenvalue weighted by Crippen LogP contribution is 2.18. The summed E-state index contributed by atoms with van der Waals surface area (Å²) >= 11 is 0. The molecule has 0 aliphatic carbocycles. The Bertz CT molecular complexity index is 716. The monoisotopic (exact) mass is 339 g/mol. The molecule has 0 aliphatic rings. The Hall–Kier alpha value is -2.66. The van der Waals surface area contributed by atoms with Gasteiger partial charge in [-0.25, -0.2) is 0 Å². The summed E-state index contributed by atoms with van der Waals surface area (Å²) in [6.07, 6.45) is 0. The summed E-state index contributed by atoms with van der Waals surface area (Å²) in [4.78, 5) is 24.4. The number of carbonyl (C=O) groups excluding carboxylic acids is 2. The predicted octanol–water partition coefficient (Wildman–Crippen LogP) is 2.97. The first kappa shape index (κ1) is 18.7. The Balaban J connectivity index is 2.03. The van der Waals surface area contributed by atoms with Crippen LogP contribution in [-0.4, -0.2) is 25.4 Å². The minimum absolute atomic E-state index is 0.000532. The van der Waals surface area contributed by atoms with E-state index in [4.69, 9.17) is 0 Å². The van der Waals surface area contributed by atoms with Crippen molar-refractivity contribution in [3.8, 4) is 0 Å². The van der Waals surface area contributed by atoms with Crippen molar-refractivity contribution in [1.29, 1.82) is 0 Å². The number of carbonyl (C=O) groups is 2. The van der Waals surface area contributed by atoms with Gasteiger partial charge in [0.05, 0.1) is 6.04 Å². The lowest BCUT2D eigenvalue weighted by molar-refractivity contribution is -0.125. The molecule has 2 aromatic carbocycles. The Morgan fingerprint density at radius 2 is 1.72 bits per heavy atom. The predicted molar refractivity (Wildman–Crippen MR) is 100 cm³/mol. The molecule has 2 amide bonds. The van der Waals surface area contributed by atoms with Gasteiger partial charge >= 0.3 is 0 Å². The van der Waals surface area contributed by atoms with Gasteiger partial charge in [-0.3, -0.25) is 9.59 Å². The number of hydrogen-bond donors (Lipinski definition) is 3. The van der Waals surface area contributed by atoms with Crippen molar-refractivity contribution >= 4 is 17.5 Å². The summed E-state index contributed by atoms with van der Waals surface area (Å²) < 4.78 is 0. The number of benzene rings is 2. The standard InChI is InChI=1S/C20H25N3O2/c1-14(13-21-3)19(24)22-15(2)17-10-7-11-18(12-17)23-20(25)16-8-5-4-6-9-16/h4-12,14-15,21H,13H2,1-3H3,(H,22,24)(H,23,25). The third-order valence-electron chi connectivity index (χ3n) is 4.00. The van der Waals surface area contributed by atoms with E-state index in [1.807, 2.05) is 63.4 Å². The molecule has 0 spiro atoms. The van der Waals surface area contributed by atoms with Gasteiger partial charge in [-0.1, -0.05) is 37.3 Å².